The molecule has 12 heteroatoms. The molecule has 0 aliphatic heterocycles. The molecule has 1 rings (SSSR count). The Morgan fingerprint density at radius 1 is 0.773 bits per heavy atom. The number of hydrogen-bond donors (Lipinski definition) is 4. The van der Waals surface area contributed by atoms with Crippen molar-refractivity contribution >= 4 is 46.7 Å². The van der Waals surface area contributed by atoms with Crippen LogP contribution in [-0.2, 0) is 6.42 Å². The molecule has 4 N–H and O–H groups in total. The van der Waals surface area contributed by atoms with Gasteiger partial charge in [0.15, 0.2) is 3.79 Å². The Bertz CT molecular complexity index is 438. The van der Waals surface area contributed by atoms with E-state index in [4.69, 9.17) is 55.2 Å². The van der Waals surface area contributed by atoms with Gasteiger partial charge in [-0.2, -0.15) is 15.0 Å². The van der Waals surface area contributed by atoms with E-state index in [-0.39, 0.29) is 30.6 Å². The van der Waals surface area contributed by atoms with Crippen molar-refractivity contribution in [1.29, 1.82) is 0 Å². The molecule has 0 saturated carbocycles. The highest BCUT2D eigenvalue weighted by atomic mass is 35.6. The summed E-state index contributed by atoms with van der Waals surface area (Å²) in [6.07, 6.45) is 0.297. The van der Waals surface area contributed by atoms with Crippen LogP contribution in [0.4, 0.5) is 11.9 Å². The highest BCUT2D eigenvalue weighted by Crippen LogP contribution is 2.31. The Balaban J connectivity index is 3.14. The van der Waals surface area contributed by atoms with Crippen molar-refractivity contribution in [1.82, 2.24) is 15.0 Å². The Hall–Kier alpha value is -0.680. The number of nitrogens with zero attached hydrogens (tertiary/aromatic N) is 5. The number of aryl methyl sites for hydroxylation is 1. The molecule has 0 unspecified atom stereocenters. The minimum atomic E-state index is -1.49. The van der Waals surface area contributed by atoms with Crippen LogP contribution >= 0.6 is 34.8 Å². The van der Waals surface area contributed by atoms with E-state index < -0.39 is 30.7 Å². The summed E-state index contributed by atoms with van der Waals surface area (Å²) in [6, 6.07) is 0. The first-order valence-electron chi connectivity index (χ1n) is 6.09. The predicted molar refractivity (Wildman–Crippen MR) is 81.7 cm³/mol. The summed E-state index contributed by atoms with van der Waals surface area (Å²) in [7, 11) is 0. The molecule has 126 valence electrons. The highest BCUT2D eigenvalue weighted by molar-refractivity contribution is 6.67. The molecular formula is C10H16Cl3N5O4. The van der Waals surface area contributed by atoms with Crippen LogP contribution in [0.3, 0.4) is 0 Å². The zero-order valence-corrected chi connectivity index (χ0v) is 13.7. The van der Waals surface area contributed by atoms with Gasteiger partial charge in [0.1, 0.15) is 32.7 Å². The van der Waals surface area contributed by atoms with Gasteiger partial charge < -0.3 is 20.4 Å². The zero-order chi connectivity index (χ0) is 16.8. The van der Waals surface area contributed by atoms with Crippen molar-refractivity contribution in [2.24, 2.45) is 0 Å². The van der Waals surface area contributed by atoms with Gasteiger partial charge in [-0.1, -0.05) is 34.8 Å². The monoisotopic (exact) mass is 375 g/mol. The van der Waals surface area contributed by atoms with Crippen molar-refractivity contribution in [2.45, 2.75) is 16.6 Å². The van der Waals surface area contributed by atoms with E-state index in [9.17, 15) is 0 Å². The van der Waals surface area contributed by atoms with Crippen molar-refractivity contribution in [3.05, 3.63) is 5.82 Å². The average molecular weight is 377 g/mol. The molecule has 0 aliphatic rings. The molecule has 0 aromatic carbocycles. The number of alkyl halides is 3. The fourth-order valence-corrected chi connectivity index (χ4v) is 1.67. The molecule has 0 fully saturated rings. The lowest BCUT2D eigenvalue weighted by Gasteiger charge is -2.21. The first-order chi connectivity index (χ1) is 10.3. The molecular weight excluding hydrogens is 361 g/mol. The summed E-state index contributed by atoms with van der Waals surface area (Å²) in [5.41, 5.74) is 0. The van der Waals surface area contributed by atoms with Gasteiger partial charge in [-0.25, -0.2) is 0 Å². The molecule has 1 heterocycles. The molecule has 0 radical (unpaired) electrons. The summed E-state index contributed by atoms with van der Waals surface area (Å²) in [5.74, 6) is 0.132. The van der Waals surface area contributed by atoms with E-state index in [1.165, 1.54) is 0 Å². The lowest BCUT2D eigenvalue weighted by Crippen LogP contribution is -2.31. The maximum absolute atomic E-state index is 9.16. The van der Waals surface area contributed by atoms with Gasteiger partial charge in [-0.05, 0) is 0 Å². The van der Waals surface area contributed by atoms with Gasteiger partial charge in [0, 0.05) is 12.8 Å². The number of halogens is 3. The van der Waals surface area contributed by atoms with Gasteiger partial charge in [-0.3, -0.25) is 9.80 Å². The van der Waals surface area contributed by atoms with Crippen LogP contribution in [0.25, 0.3) is 0 Å². The quantitative estimate of drug-likeness (QED) is 0.353. The Labute approximate surface area is 141 Å². The van der Waals surface area contributed by atoms with E-state index >= 15 is 0 Å². The van der Waals surface area contributed by atoms with Gasteiger partial charge >= 0.3 is 0 Å². The molecule has 0 amide bonds. The van der Waals surface area contributed by atoms with E-state index in [2.05, 4.69) is 15.0 Å². The van der Waals surface area contributed by atoms with E-state index in [1.54, 1.807) is 0 Å². The maximum Gasteiger partial charge on any atom is 0.234 e. The van der Waals surface area contributed by atoms with Crippen LogP contribution in [0.15, 0.2) is 0 Å². The summed E-state index contributed by atoms with van der Waals surface area (Å²) < 4.78 is -1.49. The van der Waals surface area contributed by atoms with Gasteiger partial charge in [0.2, 0.25) is 11.9 Å². The molecule has 0 spiro atoms. The fraction of sp³-hybridized carbons (Fsp3) is 0.700. The van der Waals surface area contributed by atoms with Crippen molar-refractivity contribution < 1.29 is 20.4 Å². The topological polar surface area (TPSA) is 126 Å². The fourth-order valence-electron chi connectivity index (χ4n) is 1.39. The third-order valence-corrected chi connectivity index (χ3v) is 3.11. The minimum absolute atomic E-state index is 0.0405. The third-order valence-electron chi connectivity index (χ3n) is 2.54. The molecule has 0 atom stereocenters. The van der Waals surface area contributed by atoms with E-state index in [0.29, 0.717) is 0 Å². The van der Waals surface area contributed by atoms with Crippen molar-refractivity contribution in [3.63, 3.8) is 0 Å². The molecule has 0 bridgehead atoms. The van der Waals surface area contributed by atoms with Crippen LogP contribution in [0.1, 0.15) is 12.2 Å². The molecule has 9 nitrogen and oxygen atoms in total. The number of aliphatic hydroxyl groups is 4. The highest BCUT2D eigenvalue weighted by Gasteiger charge is 2.22. The SMILES string of the molecule is OCN(CO)c1nc(CCC(Cl)(Cl)Cl)nc(N(CO)CO)n1. The number of aromatic nitrogens is 3. The molecule has 1 aromatic heterocycles. The maximum atomic E-state index is 9.16. The number of rotatable bonds is 8. The first kappa shape index (κ1) is 19.4. The average Bonchev–Trinajstić information content (AvgIpc) is 2.47. The normalized spacial score (nSPS) is 11.6. The minimum Gasteiger partial charge on any atom is -0.376 e. The second-order valence-corrected chi connectivity index (χ2v) is 6.63. The lowest BCUT2D eigenvalue weighted by molar-refractivity contribution is 0.217. The summed E-state index contributed by atoms with van der Waals surface area (Å²) in [4.78, 5) is 14.1. The number of anilines is 2. The number of hydrogen-bond acceptors (Lipinski definition) is 9. The first-order valence-corrected chi connectivity index (χ1v) is 7.23. The smallest absolute Gasteiger partial charge is 0.234 e. The summed E-state index contributed by atoms with van der Waals surface area (Å²) in [5, 5.41) is 36.7. The largest absolute Gasteiger partial charge is 0.376 e. The van der Waals surface area contributed by atoms with Gasteiger partial charge in [0.05, 0.1) is 0 Å². The summed E-state index contributed by atoms with van der Waals surface area (Å²) in [6.45, 7) is -2.16. The van der Waals surface area contributed by atoms with Gasteiger partial charge in [-0.15, -0.1) is 0 Å². The van der Waals surface area contributed by atoms with E-state index in [1.807, 2.05) is 0 Å². The van der Waals surface area contributed by atoms with Crippen molar-refractivity contribution in [2.75, 3.05) is 36.7 Å². The predicted octanol–water partition coefficient (Wildman–Crippen LogP) is -0.414. The standard InChI is InChI=1S/C10H16Cl3N5O4/c11-10(12,13)2-1-7-14-8(17(3-19)4-20)16-9(15-7)18(5-21)6-22/h19-22H,1-6H2. The Morgan fingerprint density at radius 3 is 1.50 bits per heavy atom. The second kappa shape index (κ2) is 8.82. The third kappa shape index (κ3) is 5.84. The van der Waals surface area contributed by atoms with Crippen LogP contribution in [0.5, 0.6) is 0 Å². The van der Waals surface area contributed by atoms with Crippen LogP contribution in [0.2, 0.25) is 0 Å². The molecule has 0 saturated heterocycles. The Kier molecular flexibility index (Phi) is 7.77. The van der Waals surface area contributed by atoms with Crippen LogP contribution in [0, 0.1) is 0 Å². The number of aliphatic hydroxyl groups excluding tert-OH is 4. The van der Waals surface area contributed by atoms with E-state index in [0.717, 1.165) is 9.80 Å². The van der Waals surface area contributed by atoms with Crippen molar-refractivity contribution in [3.8, 4) is 0 Å². The van der Waals surface area contributed by atoms with Crippen LogP contribution < -0.4 is 9.80 Å². The Morgan fingerprint density at radius 2 is 1.18 bits per heavy atom. The van der Waals surface area contributed by atoms with Gasteiger partial charge in [0.25, 0.3) is 0 Å². The molecule has 1 aromatic rings. The zero-order valence-electron chi connectivity index (χ0n) is 11.4. The second-order valence-electron chi connectivity index (χ2n) is 4.11. The molecule has 22 heavy (non-hydrogen) atoms. The van der Waals surface area contributed by atoms with Crippen LogP contribution in [-0.4, -0.2) is 66.1 Å². The lowest BCUT2D eigenvalue weighted by atomic mass is 10.3. The molecule has 0 aliphatic carbocycles. The summed E-state index contributed by atoms with van der Waals surface area (Å²) >= 11 is 17.0.